The molecule has 0 aromatic rings. The molecule has 0 amide bonds. The summed E-state index contributed by atoms with van der Waals surface area (Å²) in [5.74, 6) is 0. The third-order valence-electron chi connectivity index (χ3n) is 5.54. The molecule has 0 aromatic heterocycles. The second-order valence-corrected chi connectivity index (χ2v) is 7.10. The molecule has 1 heteroatoms. The molecular formula is C19H35N. The average Bonchev–Trinajstić information content (AvgIpc) is 2.76. The van der Waals surface area contributed by atoms with E-state index in [-0.39, 0.29) is 0 Å². The van der Waals surface area contributed by atoms with Gasteiger partial charge >= 0.3 is 0 Å². The highest BCUT2D eigenvalue weighted by atomic mass is 15.2. The first-order chi connectivity index (χ1) is 9.83. The molecule has 2 fully saturated rings. The molecule has 0 radical (unpaired) electrons. The predicted molar refractivity (Wildman–Crippen MR) is 89.1 cm³/mol. The Morgan fingerprint density at radius 3 is 2.55 bits per heavy atom. The number of fused-ring (bicyclic) bond motifs is 1. The summed E-state index contributed by atoms with van der Waals surface area (Å²) < 4.78 is 0. The molecule has 20 heavy (non-hydrogen) atoms. The lowest BCUT2D eigenvalue weighted by atomic mass is 10.0. The number of allylic oxidation sites excluding steroid dienone is 1. The Morgan fingerprint density at radius 1 is 0.950 bits per heavy atom. The van der Waals surface area contributed by atoms with E-state index in [9.17, 15) is 0 Å². The molecule has 0 bridgehead atoms. The Labute approximate surface area is 126 Å². The molecule has 2 rings (SSSR count). The monoisotopic (exact) mass is 277 g/mol. The van der Waals surface area contributed by atoms with Gasteiger partial charge in [0.1, 0.15) is 0 Å². The van der Waals surface area contributed by atoms with Gasteiger partial charge in [0.15, 0.2) is 0 Å². The Bertz CT molecular complexity index is 273. The van der Waals surface area contributed by atoms with Crippen molar-refractivity contribution in [1.29, 1.82) is 0 Å². The maximum Gasteiger partial charge on any atom is 0.0102 e. The topological polar surface area (TPSA) is 3.24 Å². The summed E-state index contributed by atoms with van der Waals surface area (Å²) in [6, 6.07) is 2.70. The van der Waals surface area contributed by atoms with Crippen LogP contribution in [0.3, 0.4) is 0 Å². The third-order valence-corrected chi connectivity index (χ3v) is 5.54. The van der Waals surface area contributed by atoms with Crippen molar-refractivity contribution in [1.82, 2.24) is 4.90 Å². The van der Waals surface area contributed by atoms with Gasteiger partial charge < -0.3 is 0 Å². The third kappa shape index (κ3) is 4.62. The van der Waals surface area contributed by atoms with Crippen molar-refractivity contribution in [3.63, 3.8) is 0 Å². The maximum absolute atomic E-state index is 3.79. The molecule has 3 atom stereocenters. The molecule has 0 aliphatic carbocycles. The van der Waals surface area contributed by atoms with E-state index < -0.39 is 0 Å². The summed E-state index contributed by atoms with van der Waals surface area (Å²) in [5.41, 5.74) is 0. The minimum Gasteiger partial charge on any atom is -0.295 e. The fourth-order valence-electron chi connectivity index (χ4n) is 4.46. The predicted octanol–water partition coefficient (Wildman–Crippen LogP) is 5.70. The molecule has 1 nitrogen and oxygen atoms in total. The van der Waals surface area contributed by atoms with Crippen LogP contribution in [0, 0.1) is 0 Å². The fraction of sp³-hybridized carbons (Fsp3) is 0.895. The van der Waals surface area contributed by atoms with Crippen LogP contribution in [0.2, 0.25) is 0 Å². The van der Waals surface area contributed by atoms with Crippen LogP contribution < -0.4 is 0 Å². The summed E-state index contributed by atoms with van der Waals surface area (Å²) >= 11 is 0. The van der Waals surface area contributed by atoms with Gasteiger partial charge in [-0.15, -0.1) is 6.58 Å². The molecule has 2 aliphatic heterocycles. The molecule has 0 N–H and O–H groups in total. The lowest BCUT2D eigenvalue weighted by Crippen LogP contribution is -2.41. The van der Waals surface area contributed by atoms with Crippen LogP contribution in [0.4, 0.5) is 0 Å². The van der Waals surface area contributed by atoms with Gasteiger partial charge in [0.25, 0.3) is 0 Å². The minimum atomic E-state index is 0.850. The second kappa shape index (κ2) is 8.87. The largest absolute Gasteiger partial charge is 0.295 e. The Hall–Kier alpha value is -0.300. The number of hydrogen-bond donors (Lipinski definition) is 0. The van der Waals surface area contributed by atoms with E-state index in [0.717, 1.165) is 18.1 Å². The first kappa shape index (κ1) is 16.1. The van der Waals surface area contributed by atoms with Crippen LogP contribution in [0.15, 0.2) is 12.7 Å². The van der Waals surface area contributed by atoms with Crippen LogP contribution in [-0.2, 0) is 0 Å². The zero-order valence-electron chi connectivity index (χ0n) is 13.7. The maximum atomic E-state index is 3.79. The fourth-order valence-corrected chi connectivity index (χ4v) is 4.46. The molecule has 0 saturated carbocycles. The second-order valence-electron chi connectivity index (χ2n) is 7.10. The van der Waals surface area contributed by atoms with Crippen molar-refractivity contribution in [3.8, 4) is 0 Å². The van der Waals surface area contributed by atoms with Gasteiger partial charge in [-0.3, -0.25) is 4.90 Å². The quantitative estimate of drug-likeness (QED) is 0.406. The number of hydrogen-bond acceptors (Lipinski definition) is 1. The summed E-state index contributed by atoms with van der Waals surface area (Å²) in [6.45, 7) is 6.27. The first-order valence-corrected chi connectivity index (χ1v) is 9.21. The number of nitrogens with zero attached hydrogens (tertiary/aromatic N) is 1. The number of rotatable bonds is 8. The van der Waals surface area contributed by atoms with Gasteiger partial charge in [0.2, 0.25) is 0 Å². The van der Waals surface area contributed by atoms with Crippen LogP contribution in [0.1, 0.15) is 90.4 Å². The smallest absolute Gasteiger partial charge is 0.0102 e. The van der Waals surface area contributed by atoms with Crippen molar-refractivity contribution in [2.75, 3.05) is 0 Å². The molecule has 0 spiro atoms. The molecule has 116 valence electrons. The molecule has 2 saturated heterocycles. The van der Waals surface area contributed by atoms with E-state index in [2.05, 4.69) is 24.5 Å². The highest BCUT2D eigenvalue weighted by Crippen LogP contribution is 2.36. The zero-order chi connectivity index (χ0) is 14.2. The summed E-state index contributed by atoms with van der Waals surface area (Å²) in [4.78, 5) is 2.92. The minimum absolute atomic E-state index is 0.850. The standard InChI is InChI=1S/C19H35N/c1-3-4-5-6-7-8-9-13-18-15-16-19-14-11-10-12-17(2)20(18)19/h3,17-19H,1,4-16H2,2H3/t17-,18+,19+/m0/s1. The van der Waals surface area contributed by atoms with Crippen molar-refractivity contribution in [2.45, 2.75) is 109 Å². The Balaban J connectivity index is 1.64. The Kier molecular flexibility index (Phi) is 7.13. The van der Waals surface area contributed by atoms with E-state index in [1.165, 1.54) is 83.5 Å². The van der Waals surface area contributed by atoms with E-state index in [4.69, 9.17) is 0 Å². The van der Waals surface area contributed by atoms with Crippen molar-refractivity contribution in [3.05, 3.63) is 12.7 Å². The van der Waals surface area contributed by atoms with Crippen LogP contribution >= 0.6 is 0 Å². The molecule has 0 aromatic carbocycles. The first-order valence-electron chi connectivity index (χ1n) is 9.21. The van der Waals surface area contributed by atoms with E-state index in [0.29, 0.717) is 0 Å². The van der Waals surface area contributed by atoms with Crippen molar-refractivity contribution < 1.29 is 0 Å². The molecular weight excluding hydrogens is 242 g/mol. The SMILES string of the molecule is C=CCCCCCCC[C@@H]1CC[C@H]2CCCC[C@H](C)N12. The van der Waals surface area contributed by atoms with E-state index >= 15 is 0 Å². The van der Waals surface area contributed by atoms with Crippen LogP contribution in [0.5, 0.6) is 0 Å². The molecule has 2 aliphatic rings. The van der Waals surface area contributed by atoms with Crippen molar-refractivity contribution in [2.24, 2.45) is 0 Å². The van der Waals surface area contributed by atoms with Gasteiger partial charge in [-0.2, -0.15) is 0 Å². The molecule has 0 unspecified atom stereocenters. The zero-order valence-corrected chi connectivity index (χ0v) is 13.7. The highest BCUT2D eigenvalue weighted by molar-refractivity contribution is 4.92. The van der Waals surface area contributed by atoms with Crippen molar-refractivity contribution >= 4 is 0 Å². The van der Waals surface area contributed by atoms with E-state index in [1.807, 2.05) is 0 Å². The van der Waals surface area contributed by atoms with Crippen LogP contribution in [0.25, 0.3) is 0 Å². The van der Waals surface area contributed by atoms with Gasteiger partial charge in [-0.1, -0.05) is 44.6 Å². The van der Waals surface area contributed by atoms with Gasteiger partial charge in [0, 0.05) is 18.1 Å². The lowest BCUT2D eigenvalue weighted by Gasteiger charge is -2.34. The lowest BCUT2D eigenvalue weighted by molar-refractivity contribution is 0.132. The van der Waals surface area contributed by atoms with Gasteiger partial charge in [-0.25, -0.2) is 0 Å². The summed E-state index contributed by atoms with van der Waals surface area (Å²) in [5, 5.41) is 0. The van der Waals surface area contributed by atoms with Crippen LogP contribution in [-0.4, -0.2) is 23.0 Å². The summed E-state index contributed by atoms with van der Waals surface area (Å²) in [6.07, 6.45) is 20.6. The van der Waals surface area contributed by atoms with E-state index in [1.54, 1.807) is 0 Å². The average molecular weight is 277 g/mol. The molecule has 2 heterocycles. The van der Waals surface area contributed by atoms with Gasteiger partial charge in [-0.05, 0) is 51.9 Å². The Morgan fingerprint density at radius 2 is 1.70 bits per heavy atom. The van der Waals surface area contributed by atoms with Gasteiger partial charge in [0.05, 0.1) is 0 Å². The summed E-state index contributed by atoms with van der Waals surface area (Å²) in [7, 11) is 0. The highest BCUT2D eigenvalue weighted by Gasteiger charge is 2.36. The normalized spacial score (nSPS) is 30.9. The number of unbranched alkanes of at least 4 members (excludes halogenated alkanes) is 5.